The molecule has 2 aliphatic heterocycles. The van der Waals surface area contributed by atoms with Crippen molar-refractivity contribution in [3.05, 3.63) is 42.6 Å². The van der Waals surface area contributed by atoms with E-state index in [9.17, 15) is 9.59 Å². The van der Waals surface area contributed by atoms with E-state index < -0.39 is 6.09 Å². The Labute approximate surface area is 201 Å². The standard InChI is InChI=1S/C23H26N8O4/c32-22(30-11-13-35-14-12-30)27-19-6-1-16-15-24-21(28-20(16)26-19)25-17-2-4-18(5-3-17)29-7-9-31(10-8-29)23(33)34/h1-6,15H,7-14H2,(H,33,34)(H2,24,25,26,27,28,32). The summed E-state index contributed by atoms with van der Waals surface area (Å²) in [5.41, 5.74) is 2.31. The number of benzene rings is 1. The third-order valence-electron chi connectivity index (χ3n) is 6.02. The minimum absolute atomic E-state index is 0.211. The second-order valence-corrected chi connectivity index (χ2v) is 8.26. The lowest BCUT2D eigenvalue weighted by atomic mass is 10.2. The van der Waals surface area contributed by atoms with Gasteiger partial charge in [0.15, 0.2) is 5.65 Å². The summed E-state index contributed by atoms with van der Waals surface area (Å²) in [7, 11) is 0. The minimum atomic E-state index is -0.874. The number of nitrogens with zero attached hydrogens (tertiary/aromatic N) is 6. The number of carboxylic acid groups (broad SMARTS) is 1. The van der Waals surface area contributed by atoms with E-state index in [4.69, 9.17) is 9.84 Å². The number of urea groups is 1. The molecule has 0 bridgehead atoms. The Morgan fingerprint density at radius 3 is 2.34 bits per heavy atom. The number of hydrogen-bond donors (Lipinski definition) is 3. The Morgan fingerprint density at radius 2 is 1.63 bits per heavy atom. The molecule has 35 heavy (non-hydrogen) atoms. The smallest absolute Gasteiger partial charge is 0.407 e. The van der Waals surface area contributed by atoms with Crippen molar-refractivity contribution in [1.82, 2.24) is 24.8 Å². The van der Waals surface area contributed by atoms with Gasteiger partial charge in [0.25, 0.3) is 0 Å². The average Bonchev–Trinajstić information content (AvgIpc) is 2.89. The van der Waals surface area contributed by atoms with Gasteiger partial charge in [-0.15, -0.1) is 0 Å². The molecule has 0 unspecified atom stereocenters. The summed E-state index contributed by atoms with van der Waals surface area (Å²) in [6.45, 7) is 4.45. The van der Waals surface area contributed by atoms with Gasteiger partial charge >= 0.3 is 12.1 Å². The second kappa shape index (κ2) is 9.97. The highest BCUT2D eigenvalue weighted by molar-refractivity contribution is 5.90. The summed E-state index contributed by atoms with van der Waals surface area (Å²) in [5, 5.41) is 15.9. The van der Waals surface area contributed by atoms with Gasteiger partial charge in [0.05, 0.1) is 13.2 Å². The molecule has 0 atom stereocenters. The van der Waals surface area contributed by atoms with Crippen LogP contribution in [0.3, 0.4) is 0 Å². The molecule has 12 nitrogen and oxygen atoms in total. The van der Waals surface area contributed by atoms with Gasteiger partial charge in [0, 0.05) is 62.2 Å². The summed E-state index contributed by atoms with van der Waals surface area (Å²) in [5.74, 6) is 0.815. The number of carbonyl (C=O) groups is 2. The Bertz CT molecular complexity index is 1210. The van der Waals surface area contributed by atoms with Crippen LogP contribution < -0.4 is 15.5 Å². The van der Waals surface area contributed by atoms with Crippen molar-refractivity contribution in [2.24, 2.45) is 0 Å². The van der Waals surface area contributed by atoms with Crippen LogP contribution in [0.4, 0.5) is 32.7 Å². The van der Waals surface area contributed by atoms with Crippen LogP contribution in [0, 0.1) is 0 Å². The zero-order chi connectivity index (χ0) is 24.2. The Hall–Kier alpha value is -4.19. The molecule has 3 aromatic rings. The highest BCUT2D eigenvalue weighted by Crippen LogP contribution is 2.22. The maximum atomic E-state index is 12.4. The number of fused-ring (bicyclic) bond motifs is 1. The molecule has 0 saturated carbocycles. The zero-order valence-electron chi connectivity index (χ0n) is 19.1. The number of amides is 3. The number of anilines is 4. The Morgan fingerprint density at radius 1 is 0.886 bits per heavy atom. The van der Waals surface area contributed by atoms with Gasteiger partial charge in [-0.2, -0.15) is 4.98 Å². The van der Waals surface area contributed by atoms with Gasteiger partial charge < -0.3 is 29.9 Å². The van der Waals surface area contributed by atoms with Gasteiger partial charge in [-0.05, 0) is 36.4 Å². The highest BCUT2D eigenvalue weighted by Gasteiger charge is 2.20. The summed E-state index contributed by atoms with van der Waals surface area (Å²) < 4.78 is 5.28. The number of piperazine rings is 1. The van der Waals surface area contributed by atoms with Gasteiger partial charge in [-0.1, -0.05) is 0 Å². The SMILES string of the molecule is O=C(O)N1CCN(c2ccc(Nc3ncc4ccc(NC(=O)N5CCOCC5)nc4n3)cc2)CC1. The van der Waals surface area contributed by atoms with Gasteiger partial charge in [0.2, 0.25) is 5.95 Å². The van der Waals surface area contributed by atoms with E-state index >= 15 is 0 Å². The first-order valence-electron chi connectivity index (χ1n) is 11.4. The van der Waals surface area contributed by atoms with E-state index in [0.29, 0.717) is 69.9 Å². The molecule has 5 rings (SSSR count). The van der Waals surface area contributed by atoms with E-state index in [1.54, 1.807) is 17.2 Å². The molecule has 0 aliphatic carbocycles. The van der Waals surface area contributed by atoms with E-state index in [0.717, 1.165) is 16.8 Å². The Balaban J connectivity index is 1.23. The minimum Gasteiger partial charge on any atom is -0.465 e. The number of nitrogens with one attached hydrogen (secondary N) is 2. The lowest BCUT2D eigenvalue weighted by molar-refractivity contribution is 0.0564. The molecule has 3 amide bonds. The normalized spacial score (nSPS) is 16.3. The number of hydrogen-bond acceptors (Lipinski definition) is 8. The summed E-state index contributed by atoms with van der Waals surface area (Å²) >= 11 is 0. The van der Waals surface area contributed by atoms with E-state index in [1.165, 1.54) is 4.90 Å². The number of ether oxygens (including phenoxy) is 1. The van der Waals surface area contributed by atoms with Crippen LogP contribution in [0.25, 0.3) is 11.0 Å². The Kier molecular flexibility index (Phi) is 6.44. The van der Waals surface area contributed by atoms with Crippen molar-refractivity contribution in [3.8, 4) is 0 Å². The van der Waals surface area contributed by atoms with Crippen LogP contribution in [0.1, 0.15) is 0 Å². The molecule has 2 saturated heterocycles. The summed E-state index contributed by atoms with van der Waals surface area (Å²) in [6, 6.07) is 11.2. The third kappa shape index (κ3) is 5.32. The number of carbonyl (C=O) groups excluding carboxylic acids is 1. The molecule has 1 aromatic carbocycles. The lowest BCUT2D eigenvalue weighted by Crippen LogP contribution is -2.48. The van der Waals surface area contributed by atoms with E-state index in [-0.39, 0.29) is 6.03 Å². The predicted molar refractivity (Wildman–Crippen MR) is 130 cm³/mol. The van der Waals surface area contributed by atoms with Crippen LogP contribution in [-0.2, 0) is 4.74 Å². The zero-order valence-corrected chi connectivity index (χ0v) is 19.1. The molecule has 0 spiro atoms. The summed E-state index contributed by atoms with van der Waals surface area (Å²) in [6.07, 6.45) is 0.808. The van der Waals surface area contributed by atoms with Crippen LogP contribution in [-0.4, -0.2) is 94.5 Å². The van der Waals surface area contributed by atoms with Crippen molar-refractivity contribution in [2.75, 3.05) is 68.0 Å². The van der Waals surface area contributed by atoms with E-state index in [1.807, 2.05) is 30.3 Å². The molecule has 4 heterocycles. The maximum absolute atomic E-state index is 12.4. The summed E-state index contributed by atoms with van der Waals surface area (Å²) in [4.78, 5) is 42.1. The first-order valence-corrected chi connectivity index (χ1v) is 11.4. The molecular formula is C23H26N8O4. The van der Waals surface area contributed by atoms with Crippen molar-refractivity contribution in [2.45, 2.75) is 0 Å². The fourth-order valence-corrected chi connectivity index (χ4v) is 4.03. The largest absolute Gasteiger partial charge is 0.465 e. The number of pyridine rings is 1. The third-order valence-corrected chi connectivity index (χ3v) is 6.02. The van der Waals surface area contributed by atoms with Crippen LogP contribution in [0.15, 0.2) is 42.6 Å². The van der Waals surface area contributed by atoms with Crippen LogP contribution in [0.5, 0.6) is 0 Å². The van der Waals surface area contributed by atoms with Crippen molar-refractivity contribution >= 4 is 46.3 Å². The molecule has 12 heteroatoms. The molecule has 2 aromatic heterocycles. The molecule has 182 valence electrons. The topological polar surface area (TPSA) is 136 Å². The van der Waals surface area contributed by atoms with Crippen LogP contribution in [0.2, 0.25) is 0 Å². The van der Waals surface area contributed by atoms with Gasteiger partial charge in [0.1, 0.15) is 5.82 Å². The fourth-order valence-electron chi connectivity index (χ4n) is 4.03. The van der Waals surface area contributed by atoms with Crippen molar-refractivity contribution < 1.29 is 19.4 Å². The molecular weight excluding hydrogens is 452 g/mol. The van der Waals surface area contributed by atoms with Crippen LogP contribution >= 0.6 is 0 Å². The first-order chi connectivity index (χ1) is 17.0. The molecule has 0 radical (unpaired) electrons. The van der Waals surface area contributed by atoms with Gasteiger partial charge in [-0.25, -0.2) is 19.6 Å². The molecule has 2 fully saturated rings. The monoisotopic (exact) mass is 478 g/mol. The predicted octanol–water partition coefficient (Wildman–Crippen LogP) is 2.43. The highest BCUT2D eigenvalue weighted by atomic mass is 16.5. The number of rotatable bonds is 4. The molecule has 2 aliphatic rings. The second-order valence-electron chi connectivity index (χ2n) is 8.26. The first kappa shape index (κ1) is 22.6. The number of aromatic nitrogens is 3. The van der Waals surface area contributed by atoms with Crippen molar-refractivity contribution in [3.63, 3.8) is 0 Å². The average molecular weight is 479 g/mol. The molecule has 3 N–H and O–H groups in total. The lowest BCUT2D eigenvalue weighted by Gasteiger charge is -2.34. The number of morpholine rings is 1. The van der Waals surface area contributed by atoms with Crippen molar-refractivity contribution in [1.29, 1.82) is 0 Å². The van der Waals surface area contributed by atoms with E-state index in [2.05, 4.69) is 30.5 Å². The fraction of sp³-hybridized carbons (Fsp3) is 0.348. The maximum Gasteiger partial charge on any atom is 0.407 e. The van der Waals surface area contributed by atoms with Gasteiger partial charge in [-0.3, -0.25) is 5.32 Å². The quantitative estimate of drug-likeness (QED) is 0.516.